The molecule has 0 aromatic heterocycles. The van der Waals surface area contributed by atoms with Crippen molar-refractivity contribution in [1.82, 2.24) is 0 Å². The fraction of sp³-hybridized carbons (Fsp3) is 0.538. The quantitative estimate of drug-likeness (QED) is 0.749. The first-order valence-corrected chi connectivity index (χ1v) is 5.73. The summed E-state index contributed by atoms with van der Waals surface area (Å²) >= 11 is 0. The lowest BCUT2D eigenvalue weighted by Gasteiger charge is -2.23. The molecule has 1 nitrogen and oxygen atoms in total. The molecular formula is C13H17N. The largest absolute Gasteiger partial charge is 0.382 e. The molecule has 2 fully saturated rings. The Hall–Kier alpha value is -0.980. The minimum Gasteiger partial charge on any atom is -0.382 e. The minimum absolute atomic E-state index is 0.760. The minimum atomic E-state index is 0.760. The van der Waals surface area contributed by atoms with Crippen molar-refractivity contribution in [2.45, 2.75) is 31.7 Å². The zero-order valence-electron chi connectivity index (χ0n) is 8.45. The Morgan fingerprint density at radius 1 is 1.00 bits per heavy atom. The molecule has 2 bridgehead atoms. The third-order valence-electron chi connectivity index (χ3n) is 3.86. The maximum absolute atomic E-state index is 3.67. The second kappa shape index (κ2) is 3.30. The highest BCUT2D eigenvalue weighted by molar-refractivity contribution is 5.44. The molecule has 0 aliphatic heterocycles. The maximum atomic E-state index is 3.67. The smallest absolute Gasteiger partial charge is 0.0342 e. The topological polar surface area (TPSA) is 12.0 Å². The van der Waals surface area contributed by atoms with Gasteiger partial charge in [-0.25, -0.2) is 0 Å². The second-order valence-corrected chi connectivity index (χ2v) is 4.79. The number of hydrogen-bond donors (Lipinski definition) is 1. The van der Waals surface area contributed by atoms with Crippen molar-refractivity contribution in [1.29, 1.82) is 0 Å². The lowest BCUT2D eigenvalue weighted by molar-refractivity contribution is 0.440. The summed E-state index contributed by atoms with van der Waals surface area (Å²) in [5.41, 5.74) is 1.30. The van der Waals surface area contributed by atoms with Crippen molar-refractivity contribution in [3.8, 4) is 0 Å². The van der Waals surface area contributed by atoms with Gasteiger partial charge in [-0.05, 0) is 43.2 Å². The van der Waals surface area contributed by atoms with Crippen LogP contribution in [0.15, 0.2) is 30.3 Å². The molecular weight excluding hydrogens is 170 g/mol. The fourth-order valence-electron chi connectivity index (χ4n) is 3.17. The van der Waals surface area contributed by atoms with Gasteiger partial charge in [-0.15, -0.1) is 0 Å². The summed E-state index contributed by atoms with van der Waals surface area (Å²) in [7, 11) is 0. The summed E-state index contributed by atoms with van der Waals surface area (Å²) in [4.78, 5) is 0. The van der Waals surface area contributed by atoms with Crippen LogP contribution in [0.1, 0.15) is 25.7 Å². The number of hydrogen-bond acceptors (Lipinski definition) is 1. The summed E-state index contributed by atoms with van der Waals surface area (Å²) in [6.45, 7) is 0. The van der Waals surface area contributed by atoms with E-state index in [1.165, 1.54) is 31.4 Å². The van der Waals surface area contributed by atoms with Gasteiger partial charge in [0.05, 0.1) is 0 Å². The van der Waals surface area contributed by atoms with E-state index in [0.29, 0.717) is 0 Å². The molecule has 2 saturated carbocycles. The molecule has 0 heterocycles. The Balaban J connectivity index is 1.69. The average Bonchev–Trinajstić information content (AvgIpc) is 2.81. The molecule has 0 amide bonds. The maximum Gasteiger partial charge on any atom is 0.0342 e. The number of benzene rings is 1. The summed E-state index contributed by atoms with van der Waals surface area (Å²) in [6, 6.07) is 11.4. The van der Waals surface area contributed by atoms with Gasteiger partial charge in [0.1, 0.15) is 0 Å². The molecule has 3 rings (SSSR count). The molecule has 0 unspecified atom stereocenters. The Morgan fingerprint density at radius 3 is 2.50 bits per heavy atom. The number of nitrogens with one attached hydrogen (secondary N) is 1. The van der Waals surface area contributed by atoms with Crippen molar-refractivity contribution >= 4 is 5.69 Å². The highest BCUT2D eigenvalue weighted by Crippen LogP contribution is 2.45. The number of anilines is 1. The van der Waals surface area contributed by atoms with E-state index in [0.717, 1.165) is 17.9 Å². The fourth-order valence-corrected chi connectivity index (χ4v) is 3.17. The zero-order chi connectivity index (χ0) is 9.38. The van der Waals surface area contributed by atoms with Crippen LogP contribution in [0.3, 0.4) is 0 Å². The molecule has 1 aromatic rings. The van der Waals surface area contributed by atoms with E-state index < -0.39 is 0 Å². The molecule has 1 N–H and O–H groups in total. The predicted molar refractivity (Wildman–Crippen MR) is 59.3 cm³/mol. The Labute approximate surface area is 85.5 Å². The van der Waals surface area contributed by atoms with Gasteiger partial charge < -0.3 is 5.32 Å². The molecule has 2 aliphatic rings. The highest BCUT2D eigenvalue weighted by atomic mass is 14.9. The van der Waals surface area contributed by atoms with E-state index in [-0.39, 0.29) is 0 Å². The van der Waals surface area contributed by atoms with Crippen LogP contribution in [-0.2, 0) is 0 Å². The predicted octanol–water partition coefficient (Wildman–Crippen LogP) is 3.29. The molecule has 0 spiro atoms. The molecule has 0 saturated heterocycles. The van der Waals surface area contributed by atoms with E-state index in [9.17, 15) is 0 Å². The highest BCUT2D eigenvalue weighted by Gasteiger charge is 2.39. The molecule has 1 aromatic carbocycles. The van der Waals surface area contributed by atoms with Gasteiger partial charge in [0, 0.05) is 11.7 Å². The molecule has 14 heavy (non-hydrogen) atoms. The van der Waals surface area contributed by atoms with E-state index in [1.807, 2.05) is 0 Å². The normalized spacial score (nSPS) is 34.7. The van der Waals surface area contributed by atoms with Gasteiger partial charge in [-0.1, -0.05) is 24.6 Å². The third-order valence-corrected chi connectivity index (χ3v) is 3.86. The van der Waals surface area contributed by atoms with Crippen LogP contribution in [0.25, 0.3) is 0 Å². The van der Waals surface area contributed by atoms with Crippen molar-refractivity contribution in [3.63, 3.8) is 0 Å². The first kappa shape index (κ1) is 8.34. The van der Waals surface area contributed by atoms with Crippen molar-refractivity contribution in [2.24, 2.45) is 11.8 Å². The van der Waals surface area contributed by atoms with Gasteiger partial charge in [0.15, 0.2) is 0 Å². The van der Waals surface area contributed by atoms with Crippen LogP contribution in [0.4, 0.5) is 5.69 Å². The van der Waals surface area contributed by atoms with E-state index >= 15 is 0 Å². The van der Waals surface area contributed by atoms with Gasteiger partial charge in [-0.2, -0.15) is 0 Å². The Kier molecular flexibility index (Phi) is 1.97. The van der Waals surface area contributed by atoms with E-state index in [2.05, 4.69) is 35.6 Å². The van der Waals surface area contributed by atoms with Crippen molar-refractivity contribution < 1.29 is 0 Å². The van der Waals surface area contributed by atoms with Crippen LogP contribution >= 0.6 is 0 Å². The van der Waals surface area contributed by atoms with Crippen molar-refractivity contribution in [2.75, 3.05) is 5.32 Å². The van der Waals surface area contributed by atoms with Crippen LogP contribution < -0.4 is 5.32 Å². The Morgan fingerprint density at radius 2 is 1.86 bits per heavy atom. The number of rotatable bonds is 2. The molecule has 3 atom stereocenters. The van der Waals surface area contributed by atoms with Gasteiger partial charge in [-0.3, -0.25) is 0 Å². The van der Waals surface area contributed by atoms with Gasteiger partial charge in [0.25, 0.3) is 0 Å². The van der Waals surface area contributed by atoms with Crippen LogP contribution in [0.5, 0.6) is 0 Å². The van der Waals surface area contributed by atoms with Gasteiger partial charge in [0.2, 0.25) is 0 Å². The lowest BCUT2D eigenvalue weighted by atomic mass is 9.95. The molecule has 1 heteroatoms. The summed E-state index contributed by atoms with van der Waals surface area (Å²) in [5.74, 6) is 1.99. The first-order valence-electron chi connectivity index (χ1n) is 5.73. The zero-order valence-corrected chi connectivity index (χ0v) is 8.45. The summed E-state index contributed by atoms with van der Waals surface area (Å²) in [5, 5.41) is 3.67. The molecule has 2 aliphatic carbocycles. The molecule has 74 valence electrons. The first-order chi connectivity index (χ1) is 6.92. The van der Waals surface area contributed by atoms with Crippen LogP contribution in [-0.4, -0.2) is 6.04 Å². The van der Waals surface area contributed by atoms with Crippen LogP contribution in [0, 0.1) is 11.8 Å². The van der Waals surface area contributed by atoms with E-state index in [1.54, 1.807) is 0 Å². The second-order valence-electron chi connectivity index (χ2n) is 4.79. The number of fused-ring (bicyclic) bond motifs is 2. The molecule has 0 radical (unpaired) electrons. The SMILES string of the molecule is c1ccc(N[C@H]2C[C@H]3CC[C@@H]2C3)cc1. The average molecular weight is 187 g/mol. The summed E-state index contributed by atoms with van der Waals surface area (Å²) < 4.78 is 0. The third kappa shape index (κ3) is 1.41. The van der Waals surface area contributed by atoms with Crippen LogP contribution in [0.2, 0.25) is 0 Å². The van der Waals surface area contributed by atoms with Crippen molar-refractivity contribution in [3.05, 3.63) is 30.3 Å². The lowest BCUT2D eigenvalue weighted by Crippen LogP contribution is -2.25. The van der Waals surface area contributed by atoms with Gasteiger partial charge >= 0.3 is 0 Å². The summed E-state index contributed by atoms with van der Waals surface area (Å²) in [6.07, 6.45) is 5.82. The monoisotopic (exact) mass is 187 g/mol. The Bertz CT molecular complexity index is 306. The number of para-hydroxylation sites is 1. The van der Waals surface area contributed by atoms with E-state index in [4.69, 9.17) is 0 Å². The standard InChI is InChI=1S/C13H17N/c1-2-4-12(5-3-1)14-13-9-10-6-7-11(13)8-10/h1-5,10-11,13-14H,6-9H2/t10-,11+,13-/m0/s1.